The summed E-state index contributed by atoms with van der Waals surface area (Å²) < 4.78 is 0. The van der Waals surface area contributed by atoms with Crippen LogP contribution in [-0.4, -0.2) is 74.5 Å². The number of hydrogen-bond donors (Lipinski definition) is 6. The highest BCUT2D eigenvalue weighted by Crippen LogP contribution is 2.22. The van der Waals surface area contributed by atoms with Gasteiger partial charge in [0.15, 0.2) is 0 Å². The number of phenols is 1. The van der Waals surface area contributed by atoms with Gasteiger partial charge in [0.1, 0.15) is 23.9 Å². The average Bonchev–Trinajstić information content (AvgIpc) is 3.69. The van der Waals surface area contributed by atoms with Crippen LogP contribution in [0.5, 0.6) is 5.75 Å². The number of amides is 3. The molecule has 0 unspecified atom stereocenters. The van der Waals surface area contributed by atoms with Crippen LogP contribution in [0.4, 0.5) is 0 Å². The number of benzene rings is 3. The molecule has 1 saturated heterocycles. The van der Waals surface area contributed by atoms with Crippen LogP contribution >= 0.6 is 0 Å². The fourth-order valence-corrected chi connectivity index (χ4v) is 5.80. The molecule has 1 aliphatic heterocycles. The second-order valence-corrected chi connectivity index (χ2v) is 11.4. The fourth-order valence-electron chi connectivity index (χ4n) is 5.80. The highest BCUT2D eigenvalue weighted by atomic mass is 16.4. The molecule has 4 aromatic rings. The molecule has 3 aromatic carbocycles. The van der Waals surface area contributed by atoms with E-state index in [2.05, 4.69) is 15.6 Å². The number of nitrogens with one attached hydrogen (secondary N) is 3. The molecule has 0 radical (unpaired) electrons. The van der Waals surface area contributed by atoms with Crippen molar-refractivity contribution in [3.63, 3.8) is 0 Å². The van der Waals surface area contributed by atoms with Gasteiger partial charge in [-0.05, 0) is 54.2 Å². The van der Waals surface area contributed by atoms with Gasteiger partial charge in [0, 0.05) is 36.5 Å². The molecular weight excluding hydrogens is 574 g/mol. The first-order valence-electron chi connectivity index (χ1n) is 15.0. The number of carbonyl (C=O) groups excluding carboxylic acids is 3. The summed E-state index contributed by atoms with van der Waals surface area (Å²) in [6, 6.07) is 19.0. The van der Waals surface area contributed by atoms with Crippen LogP contribution in [0, 0.1) is 0 Å². The lowest BCUT2D eigenvalue weighted by molar-refractivity contribution is -0.144. The number of carboxylic acids is 1. The van der Waals surface area contributed by atoms with Gasteiger partial charge in [0.25, 0.3) is 0 Å². The standard InChI is InChI=1S/C34H37N5O6/c35-26(17-21-7-2-1-3-8-21)31(41)37-28(18-22-12-14-24(40)15-13-22)33(43)39-16-6-11-30(39)32(42)38-29(34(44)45)19-23-20-36-27-10-5-4-9-25(23)27/h1-5,7-10,12-15,20,26,28-30,36,40H,6,11,16-19,35H2,(H,37,41)(H,38,42)(H,44,45)/t26-,28-,29-,30-/m0/s1. The number of fused-ring (bicyclic) bond motifs is 1. The van der Waals surface area contributed by atoms with Gasteiger partial charge in [0.2, 0.25) is 17.7 Å². The summed E-state index contributed by atoms with van der Waals surface area (Å²) in [5, 5.41) is 26.0. The van der Waals surface area contributed by atoms with Crippen molar-refractivity contribution in [1.29, 1.82) is 0 Å². The molecule has 0 bridgehead atoms. The predicted molar refractivity (Wildman–Crippen MR) is 168 cm³/mol. The Morgan fingerprint density at radius 3 is 2.29 bits per heavy atom. The highest BCUT2D eigenvalue weighted by molar-refractivity contribution is 5.95. The van der Waals surface area contributed by atoms with E-state index in [1.165, 1.54) is 17.0 Å². The molecule has 1 aromatic heterocycles. The van der Waals surface area contributed by atoms with E-state index in [0.717, 1.165) is 22.0 Å². The topological polar surface area (TPSA) is 178 Å². The van der Waals surface area contributed by atoms with Gasteiger partial charge in [-0.1, -0.05) is 60.7 Å². The Balaban J connectivity index is 1.31. The van der Waals surface area contributed by atoms with E-state index in [4.69, 9.17) is 5.73 Å². The van der Waals surface area contributed by atoms with Gasteiger partial charge >= 0.3 is 5.97 Å². The van der Waals surface area contributed by atoms with Crippen LogP contribution in [0.15, 0.2) is 85.1 Å². The number of aromatic nitrogens is 1. The average molecular weight is 612 g/mol. The van der Waals surface area contributed by atoms with Crippen molar-refractivity contribution in [2.45, 2.75) is 56.3 Å². The molecule has 234 valence electrons. The molecule has 3 amide bonds. The molecule has 1 fully saturated rings. The van der Waals surface area contributed by atoms with Crippen molar-refractivity contribution < 1.29 is 29.4 Å². The number of aromatic amines is 1. The molecule has 45 heavy (non-hydrogen) atoms. The number of hydrogen-bond acceptors (Lipinski definition) is 6. The van der Waals surface area contributed by atoms with Crippen LogP contribution in [0.2, 0.25) is 0 Å². The Hall–Kier alpha value is -5.16. The third-order valence-electron chi connectivity index (χ3n) is 8.18. The number of aliphatic carboxylic acids is 1. The number of aromatic hydroxyl groups is 1. The molecule has 0 spiro atoms. The quantitative estimate of drug-likeness (QED) is 0.142. The molecule has 1 aliphatic rings. The number of phenolic OH excluding ortho intramolecular Hbond substituents is 1. The monoisotopic (exact) mass is 611 g/mol. The Morgan fingerprint density at radius 1 is 0.867 bits per heavy atom. The Morgan fingerprint density at radius 2 is 1.56 bits per heavy atom. The number of rotatable bonds is 12. The van der Waals surface area contributed by atoms with Crippen LogP contribution < -0.4 is 16.4 Å². The summed E-state index contributed by atoms with van der Waals surface area (Å²) in [6.07, 6.45) is 3.06. The maximum Gasteiger partial charge on any atom is 0.326 e. The zero-order valence-corrected chi connectivity index (χ0v) is 24.7. The minimum Gasteiger partial charge on any atom is -0.508 e. The van der Waals surface area contributed by atoms with E-state index in [-0.39, 0.29) is 31.6 Å². The first kappa shape index (κ1) is 31.3. The van der Waals surface area contributed by atoms with Crippen molar-refractivity contribution >= 4 is 34.6 Å². The minimum atomic E-state index is -1.21. The zero-order valence-electron chi connectivity index (χ0n) is 24.7. The number of nitrogens with zero attached hydrogens (tertiary/aromatic N) is 1. The number of H-pyrrole nitrogens is 1. The van der Waals surface area contributed by atoms with Crippen LogP contribution in [-0.2, 0) is 38.4 Å². The van der Waals surface area contributed by atoms with Crippen LogP contribution in [0.3, 0.4) is 0 Å². The highest BCUT2D eigenvalue weighted by Gasteiger charge is 2.39. The lowest BCUT2D eigenvalue weighted by Crippen LogP contribution is -2.57. The summed E-state index contributed by atoms with van der Waals surface area (Å²) in [7, 11) is 0. The molecule has 7 N–H and O–H groups in total. The molecule has 2 heterocycles. The summed E-state index contributed by atoms with van der Waals surface area (Å²) in [4.78, 5) is 57.4. The number of carboxylic acid groups (broad SMARTS) is 1. The SMILES string of the molecule is N[C@@H](Cc1ccccc1)C(=O)N[C@@H](Cc1ccc(O)cc1)C(=O)N1CCC[C@H]1C(=O)N[C@@H](Cc1c[nH]c2ccccc12)C(=O)O. The maximum atomic E-state index is 14.0. The number of likely N-dealkylation sites (tertiary alicyclic amines) is 1. The van der Waals surface area contributed by atoms with E-state index in [1.54, 1.807) is 18.3 Å². The summed E-state index contributed by atoms with van der Waals surface area (Å²) >= 11 is 0. The van der Waals surface area contributed by atoms with Crippen molar-refractivity contribution in [1.82, 2.24) is 20.5 Å². The second kappa shape index (κ2) is 14.1. The first-order valence-corrected chi connectivity index (χ1v) is 15.0. The number of nitrogens with two attached hydrogens (primary N) is 1. The molecule has 11 nitrogen and oxygen atoms in total. The van der Waals surface area contributed by atoms with E-state index in [0.29, 0.717) is 18.4 Å². The van der Waals surface area contributed by atoms with Gasteiger partial charge in [0.05, 0.1) is 6.04 Å². The third-order valence-corrected chi connectivity index (χ3v) is 8.18. The fraction of sp³-hybridized carbons (Fsp3) is 0.294. The Labute approximate surface area is 260 Å². The predicted octanol–water partition coefficient (Wildman–Crippen LogP) is 2.27. The van der Waals surface area contributed by atoms with Crippen LogP contribution in [0.1, 0.15) is 29.5 Å². The largest absolute Gasteiger partial charge is 0.508 e. The molecule has 5 rings (SSSR count). The first-order chi connectivity index (χ1) is 21.7. The molecule has 0 saturated carbocycles. The third kappa shape index (κ3) is 7.68. The van der Waals surface area contributed by atoms with E-state index < -0.39 is 47.9 Å². The lowest BCUT2D eigenvalue weighted by atomic mass is 10.0. The maximum absolute atomic E-state index is 14.0. The van der Waals surface area contributed by atoms with Crippen molar-refractivity contribution in [3.05, 3.63) is 102 Å². The van der Waals surface area contributed by atoms with Crippen molar-refractivity contribution in [3.8, 4) is 5.75 Å². The minimum absolute atomic E-state index is 0.0601. The van der Waals surface area contributed by atoms with Crippen molar-refractivity contribution in [2.75, 3.05) is 6.54 Å². The second-order valence-electron chi connectivity index (χ2n) is 11.4. The van der Waals surface area contributed by atoms with E-state index in [1.807, 2.05) is 54.6 Å². The number of para-hydroxylation sites is 1. The molecule has 4 atom stereocenters. The summed E-state index contributed by atoms with van der Waals surface area (Å²) in [6.45, 7) is 0.273. The van der Waals surface area contributed by atoms with E-state index >= 15 is 0 Å². The van der Waals surface area contributed by atoms with Crippen molar-refractivity contribution in [2.24, 2.45) is 5.73 Å². The van der Waals surface area contributed by atoms with Gasteiger partial charge in [-0.3, -0.25) is 14.4 Å². The summed E-state index contributed by atoms with van der Waals surface area (Å²) in [5.41, 5.74) is 9.40. The summed E-state index contributed by atoms with van der Waals surface area (Å²) in [5.74, 6) is -2.67. The molecule has 11 heteroatoms. The smallest absolute Gasteiger partial charge is 0.326 e. The zero-order chi connectivity index (χ0) is 31.9. The van der Waals surface area contributed by atoms with Crippen LogP contribution in [0.25, 0.3) is 10.9 Å². The van der Waals surface area contributed by atoms with Gasteiger partial charge in [-0.25, -0.2) is 4.79 Å². The number of carbonyl (C=O) groups is 4. The van der Waals surface area contributed by atoms with Gasteiger partial charge in [-0.15, -0.1) is 0 Å². The normalized spacial score (nSPS) is 16.6. The lowest BCUT2D eigenvalue weighted by Gasteiger charge is -2.30. The molecule has 0 aliphatic carbocycles. The molecular formula is C34H37N5O6. The van der Waals surface area contributed by atoms with E-state index in [9.17, 15) is 29.4 Å². The van der Waals surface area contributed by atoms with Gasteiger partial charge in [-0.2, -0.15) is 0 Å². The van der Waals surface area contributed by atoms with Gasteiger partial charge < -0.3 is 36.5 Å². The Bertz CT molecular complexity index is 1650. The Kier molecular flexibility index (Phi) is 9.79.